The van der Waals surface area contributed by atoms with Crippen molar-refractivity contribution in [1.82, 2.24) is 9.80 Å². The second kappa shape index (κ2) is 14.7. The van der Waals surface area contributed by atoms with Crippen LogP contribution in [0.15, 0.2) is 0 Å². The van der Waals surface area contributed by atoms with E-state index >= 15 is 0 Å². The summed E-state index contributed by atoms with van der Waals surface area (Å²) in [4.78, 5) is 43.4. The summed E-state index contributed by atoms with van der Waals surface area (Å²) in [7, 11) is 0. The van der Waals surface area contributed by atoms with Gasteiger partial charge in [0.2, 0.25) is 0 Å². The Morgan fingerprint density at radius 2 is 0.773 bits per heavy atom. The fourth-order valence-corrected chi connectivity index (χ4v) is 1.44. The minimum absolute atomic E-state index is 0. The molecule has 1 radical (unpaired) electrons. The number of hydrogen-bond donors (Lipinski definition) is 0. The van der Waals surface area contributed by atoms with Crippen LogP contribution in [0.2, 0.25) is 0 Å². The molecule has 0 unspecified atom stereocenters. The molecule has 0 spiro atoms. The number of rotatable bonds is 11. The van der Waals surface area contributed by atoms with Crippen LogP contribution < -0.4 is 50.0 Å². The van der Waals surface area contributed by atoms with Crippen molar-refractivity contribution in [1.29, 1.82) is 0 Å². The van der Waals surface area contributed by atoms with E-state index in [1.165, 1.54) is 0 Å². The quantitative estimate of drug-likeness (QED) is 0.275. The summed E-state index contributed by atoms with van der Waals surface area (Å²) in [6.07, 6.45) is 0. The van der Waals surface area contributed by atoms with Crippen LogP contribution in [-0.2, 0) is 19.2 Å². The molecule has 0 heterocycles. The Hall–Kier alpha value is 0.177. The maximum Gasteiger partial charge on any atom is 3.00 e. The molecule has 0 aromatic carbocycles. The van der Waals surface area contributed by atoms with Gasteiger partial charge < -0.3 is 39.6 Å². The average Bonchev–Trinajstić information content (AvgIpc) is 2.22. The normalized spacial score (nSPS) is 9.73. The third-order valence-electron chi connectivity index (χ3n) is 2.14. The summed E-state index contributed by atoms with van der Waals surface area (Å²) in [5, 5.41) is 41.6. The molecule has 0 aromatic heterocycles. The van der Waals surface area contributed by atoms with Crippen molar-refractivity contribution in [3.05, 3.63) is 0 Å². The molecule has 0 N–H and O–H groups in total. The number of hydrogen-bond acceptors (Lipinski definition) is 10. The maximum atomic E-state index is 10.4. The smallest absolute Gasteiger partial charge is 0.549 e. The van der Waals surface area contributed by atoms with E-state index in [0.717, 1.165) is 9.80 Å². The molecule has 0 rings (SSSR count). The molecule has 0 atom stereocenters. The topological polar surface area (TPSA) is 167 Å². The summed E-state index contributed by atoms with van der Waals surface area (Å²) < 4.78 is 0. The Morgan fingerprint density at radius 1 is 0.591 bits per heavy atom. The second-order valence-electron chi connectivity index (χ2n) is 3.91. The van der Waals surface area contributed by atoms with Gasteiger partial charge in [-0.2, -0.15) is 0 Å². The number of aliphatic carboxylic acids is 4. The third kappa shape index (κ3) is 16.5. The Kier molecular flexibility index (Phi) is 18.1. The van der Waals surface area contributed by atoms with Crippen LogP contribution in [0.4, 0.5) is 0 Å². The van der Waals surface area contributed by atoms with Gasteiger partial charge in [-0.15, -0.1) is 0 Å². The zero-order valence-corrected chi connectivity index (χ0v) is 17.0. The van der Waals surface area contributed by atoms with Crippen LogP contribution >= 0.6 is 0 Å². The van der Waals surface area contributed by atoms with Gasteiger partial charge >= 0.3 is 71.3 Å². The predicted octanol–water partition coefficient (Wildman–Crippen LogP) is -10.4. The minimum atomic E-state index is -1.53. The fourth-order valence-electron chi connectivity index (χ4n) is 1.44. The van der Waals surface area contributed by atoms with Crippen LogP contribution in [0, 0.1) is 41.7 Å². The summed E-state index contributed by atoms with van der Waals surface area (Å²) in [6, 6.07) is 0. The monoisotopic (exact) mass is 451 g/mol. The minimum Gasteiger partial charge on any atom is -0.549 e. The summed E-state index contributed by atoms with van der Waals surface area (Å²) in [5.41, 5.74) is 0. The number of carboxylic acids is 4. The van der Waals surface area contributed by atoms with Crippen LogP contribution in [0.5, 0.6) is 0 Å². The van der Waals surface area contributed by atoms with Gasteiger partial charge in [0, 0.05) is 39.3 Å². The van der Waals surface area contributed by atoms with Gasteiger partial charge in [-0.05, 0) is 0 Å². The molecule has 12 heteroatoms. The first-order chi connectivity index (χ1) is 9.20. The zero-order chi connectivity index (χ0) is 15.7. The van der Waals surface area contributed by atoms with E-state index < -0.39 is 50.1 Å². The van der Waals surface area contributed by atoms with Gasteiger partial charge in [0.15, 0.2) is 0 Å². The second-order valence-corrected chi connectivity index (χ2v) is 3.91. The van der Waals surface area contributed by atoms with Gasteiger partial charge in [0.05, 0.1) is 23.9 Å². The van der Waals surface area contributed by atoms with E-state index in [1.54, 1.807) is 0 Å². The Morgan fingerprint density at radius 3 is 0.909 bits per heavy atom. The molecule has 0 aliphatic rings. The molecular formula is C10H12CeN2NaO8. The van der Waals surface area contributed by atoms with Gasteiger partial charge in [0.25, 0.3) is 0 Å². The van der Waals surface area contributed by atoms with Gasteiger partial charge in [0.1, 0.15) is 0 Å². The average molecular weight is 451 g/mol. The molecule has 0 aromatic rings. The molecule has 0 saturated heterocycles. The number of carbonyl (C=O) groups is 4. The van der Waals surface area contributed by atoms with E-state index in [2.05, 4.69) is 0 Å². The summed E-state index contributed by atoms with van der Waals surface area (Å²) in [6.45, 7) is -3.25. The molecule has 10 nitrogen and oxygen atoms in total. The van der Waals surface area contributed by atoms with E-state index in [0.29, 0.717) is 0 Å². The van der Waals surface area contributed by atoms with Crippen LogP contribution in [0.1, 0.15) is 0 Å². The fraction of sp³-hybridized carbons (Fsp3) is 0.600. The van der Waals surface area contributed by atoms with Crippen molar-refractivity contribution in [3.63, 3.8) is 0 Å². The van der Waals surface area contributed by atoms with Crippen molar-refractivity contribution in [3.8, 4) is 0 Å². The number of carboxylic acid groups (broad SMARTS) is 4. The van der Waals surface area contributed by atoms with E-state index in [-0.39, 0.29) is 84.4 Å². The summed E-state index contributed by atoms with van der Waals surface area (Å²) in [5.74, 6) is -6.12. The van der Waals surface area contributed by atoms with Crippen molar-refractivity contribution in [2.45, 2.75) is 0 Å². The SMILES string of the molecule is O=C([O-])CN(CCN(CC(=O)[O-])CC(=O)[O-])CC(=O)[O-].[Ce+3].[Na+]. The predicted molar refractivity (Wildman–Crippen MR) is 52.9 cm³/mol. The molecule has 115 valence electrons. The van der Waals surface area contributed by atoms with Crippen molar-refractivity contribution >= 4 is 23.9 Å². The summed E-state index contributed by atoms with van der Waals surface area (Å²) >= 11 is 0. The molecular weight excluding hydrogens is 439 g/mol. The van der Waals surface area contributed by atoms with Crippen molar-refractivity contribution in [2.24, 2.45) is 0 Å². The van der Waals surface area contributed by atoms with Crippen LogP contribution in [0.3, 0.4) is 0 Å². The number of nitrogens with zero attached hydrogens (tertiary/aromatic N) is 2. The molecule has 0 aliphatic heterocycles. The van der Waals surface area contributed by atoms with E-state index in [9.17, 15) is 39.6 Å². The van der Waals surface area contributed by atoms with E-state index in [1.807, 2.05) is 0 Å². The van der Waals surface area contributed by atoms with E-state index in [4.69, 9.17) is 0 Å². The molecule has 0 fully saturated rings. The van der Waals surface area contributed by atoms with Gasteiger partial charge in [-0.3, -0.25) is 9.80 Å². The van der Waals surface area contributed by atoms with Crippen LogP contribution in [-0.4, -0.2) is 72.9 Å². The Labute approximate surface area is 182 Å². The van der Waals surface area contributed by atoms with Gasteiger partial charge in [-0.25, -0.2) is 0 Å². The molecule has 0 amide bonds. The molecule has 0 saturated carbocycles. The molecule has 0 aliphatic carbocycles. The molecule has 0 bridgehead atoms. The Balaban J connectivity index is -0.00000180. The number of carbonyl (C=O) groups excluding carboxylic acids is 4. The third-order valence-corrected chi connectivity index (χ3v) is 2.14. The van der Waals surface area contributed by atoms with Crippen LogP contribution in [0.25, 0.3) is 0 Å². The van der Waals surface area contributed by atoms with Crippen molar-refractivity contribution in [2.75, 3.05) is 39.3 Å². The first kappa shape index (κ1) is 27.0. The first-order valence-electron chi connectivity index (χ1n) is 5.44. The largest absolute Gasteiger partial charge is 3.00 e. The van der Waals surface area contributed by atoms with Crippen molar-refractivity contribution < 1.29 is 111 Å². The Bertz CT molecular complexity index is 327. The molecule has 22 heavy (non-hydrogen) atoms. The first-order valence-corrected chi connectivity index (χ1v) is 5.44. The standard InChI is InChI=1S/C10H16N2O8.Ce.Na/c13-7(14)3-11(4-8(15)16)1-2-12(5-9(17)18)6-10(19)20;;/h1-6H2,(H,13,14)(H,15,16)(H,17,18)(H,19,20);;/q;+3;+1/p-4. The maximum absolute atomic E-state index is 10.4. The van der Waals surface area contributed by atoms with Gasteiger partial charge in [-0.1, -0.05) is 0 Å². The zero-order valence-electron chi connectivity index (χ0n) is 11.9.